The summed E-state index contributed by atoms with van der Waals surface area (Å²) in [6.45, 7) is 1.86. The van der Waals surface area contributed by atoms with Crippen LogP contribution in [0.25, 0.3) is 0 Å². The monoisotopic (exact) mass is 324 g/mol. The molecule has 0 heterocycles. The maximum absolute atomic E-state index is 11.9. The number of hydrogen-bond acceptors (Lipinski definition) is 2. The Kier molecular flexibility index (Phi) is 4.99. The van der Waals surface area contributed by atoms with Crippen LogP contribution in [-0.4, -0.2) is 11.9 Å². The van der Waals surface area contributed by atoms with Crippen LogP contribution in [0.15, 0.2) is 28.7 Å². The fraction of sp³-hybridized carbons (Fsp3) is 0.533. The lowest BCUT2D eigenvalue weighted by atomic mass is 9.77. The van der Waals surface area contributed by atoms with Crippen molar-refractivity contribution in [3.05, 3.63) is 34.3 Å². The maximum Gasteiger partial charge on any atom is 0.222 e. The van der Waals surface area contributed by atoms with Gasteiger partial charge in [0, 0.05) is 16.9 Å². The van der Waals surface area contributed by atoms with Crippen LogP contribution >= 0.6 is 15.9 Å². The van der Waals surface area contributed by atoms with Gasteiger partial charge in [0.2, 0.25) is 5.91 Å². The third-order valence-corrected chi connectivity index (χ3v) is 4.20. The second kappa shape index (κ2) is 6.53. The molecule has 4 heteroatoms. The lowest BCUT2D eigenvalue weighted by molar-refractivity contribution is -0.122. The van der Waals surface area contributed by atoms with E-state index >= 15 is 0 Å². The van der Waals surface area contributed by atoms with Crippen molar-refractivity contribution in [2.24, 2.45) is 11.7 Å². The molecular weight excluding hydrogens is 304 g/mol. The maximum atomic E-state index is 11.9. The zero-order valence-electron chi connectivity index (χ0n) is 11.2. The highest BCUT2D eigenvalue weighted by Crippen LogP contribution is 2.38. The van der Waals surface area contributed by atoms with Crippen LogP contribution in [0.4, 0.5) is 0 Å². The molecule has 0 saturated heterocycles. The molecule has 3 N–H and O–H groups in total. The van der Waals surface area contributed by atoms with Gasteiger partial charge in [0.15, 0.2) is 0 Å². The number of rotatable bonds is 5. The van der Waals surface area contributed by atoms with E-state index in [0.717, 1.165) is 4.47 Å². The molecule has 3 nitrogen and oxygen atoms in total. The molecule has 1 fully saturated rings. The van der Waals surface area contributed by atoms with Crippen molar-refractivity contribution in [3.63, 3.8) is 0 Å². The number of nitrogens with two attached hydrogens (primary N) is 1. The number of carbonyl (C=O) groups is 1. The van der Waals surface area contributed by atoms with Gasteiger partial charge in [-0.1, -0.05) is 34.5 Å². The van der Waals surface area contributed by atoms with E-state index in [1.807, 2.05) is 19.1 Å². The minimum atomic E-state index is -0.0908. The molecule has 2 rings (SSSR count). The van der Waals surface area contributed by atoms with Crippen LogP contribution in [0, 0.1) is 5.92 Å². The number of halogens is 1. The Morgan fingerprint density at radius 2 is 2.05 bits per heavy atom. The molecule has 0 aromatic heterocycles. The first-order valence-electron chi connectivity index (χ1n) is 6.86. The SMILES string of the molecule is CC(N)CC(=O)NC(c1ccc(Br)cc1)C1CCC1. The third-order valence-electron chi connectivity index (χ3n) is 3.67. The molecule has 1 aromatic carbocycles. The van der Waals surface area contributed by atoms with Gasteiger partial charge in [-0.25, -0.2) is 0 Å². The molecule has 0 bridgehead atoms. The van der Waals surface area contributed by atoms with Crippen molar-refractivity contribution in [3.8, 4) is 0 Å². The van der Waals surface area contributed by atoms with Gasteiger partial charge in [0.1, 0.15) is 0 Å². The predicted octanol–water partition coefficient (Wildman–Crippen LogP) is 3.14. The summed E-state index contributed by atoms with van der Waals surface area (Å²) in [5, 5.41) is 3.15. The van der Waals surface area contributed by atoms with E-state index in [1.54, 1.807) is 0 Å². The summed E-state index contributed by atoms with van der Waals surface area (Å²) < 4.78 is 1.06. The van der Waals surface area contributed by atoms with Gasteiger partial charge in [-0.2, -0.15) is 0 Å². The molecule has 1 aromatic rings. The van der Waals surface area contributed by atoms with E-state index in [1.165, 1.54) is 24.8 Å². The molecule has 104 valence electrons. The second-order valence-corrected chi connectivity index (χ2v) is 6.38. The van der Waals surface area contributed by atoms with Gasteiger partial charge in [-0.05, 0) is 43.4 Å². The summed E-state index contributed by atoms with van der Waals surface area (Å²) in [6.07, 6.45) is 4.04. The first-order chi connectivity index (χ1) is 9.06. The van der Waals surface area contributed by atoms with Crippen molar-refractivity contribution in [2.75, 3.05) is 0 Å². The number of carbonyl (C=O) groups excluding carboxylic acids is 1. The van der Waals surface area contributed by atoms with Crippen molar-refractivity contribution < 1.29 is 4.79 Å². The Bertz CT molecular complexity index is 426. The fourth-order valence-electron chi connectivity index (χ4n) is 2.44. The van der Waals surface area contributed by atoms with Crippen molar-refractivity contribution >= 4 is 21.8 Å². The summed E-state index contributed by atoms with van der Waals surface area (Å²) in [6, 6.07) is 8.26. The molecule has 0 aliphatic heterocycles. The van der Waals surface area contributed by atoms with E-state index in [0.29, 0.717) is 12.3 Å². The zero-order valence-corrected chi connectivity index (χ0v) is 12.8. The highest BCUT2D eigenvalue weighted by atomic mass is 79.9. The second-order valence-electron chi connectivity index (χ2n) is 5.47. The van der Waals surface area contributed by atoms with Crippen LogP contribution < -0.4 is 11.1 Å². The van der Waals surface area contributed by atoms with Crippen LogP contribution in [0.3, 0.4) is 0 Å². The number of benzene rings is 1. The zero-order chi connectivity index (χ0) is 13.8. The number of nitrogens with one attached hydrogen (secondary N) is 1. The Labute approximate surface area is 123 Å². The summed E-state index contributed by atoms with van der Waals surface area (Å²) in [7, 11) is 0. The predicted molar refractivity (Wildman–Crippen MR) is 80.6 cm³/mol. The molecule has 2 atom stereocenters. The van der Waals surface area contributed by atoms with Crippen molar-refractivity contribution in [1.82, 2.24) is 5.32 Å². The van der Waals surface area contributed by atoms with Gasteiger partial charge in [0.05, 0.1) is 6.04 Å². The van der Waals surface area contributed by atoms with Gasteiger partial charge >= 0.3 is 0 Å². The third kappa shape index (κ3) is 4.05. The van der Waals surface area contributed by atoms with Gasteiger partial charge in [-0.3, -0.25) is 4.79 Å². The van der Waals surface area contributed by atoms with Gasteiger partial charge < -0.3 is 11.1 Å². The molecule has 0 radical (unpaired) electrons. The lowest BCUT2D eigenvalue weighted by Crippen LogP contribution is -2.38. The van der Waals surface area contributed by atoms with Gasteiger partial charge in [0.25, 0.3) is 0 Å². The topological polar surface area (TPSA) is 55.1 Å². The van der Waals surface area contributed by atoms with Crippen LogP contribution in [0.1, 0.15) is 44.2 Å². The molecule has 1 aliphatic carbocycles. The average molecular weight is 325 g/mol. The lowest BCUT2D eigenvalue weighted by Gasteiger charge is -2.35. The smallest absolute Gasteiger partial charge is 0.222 e. The summed E-state index contributed by atoms with van der Waals surface area (Å²) >= 11 is 3.44. The van der Waals surface area contributed by atoms with Crippen LogP contribution in [-0.2, 0) is 4.79 Å². The molecule has 1 saturated carbocycles. The van der Waals surface area contributed by atoms with Crippen molar-refractivity contribution in [1.29, 1.82) is 0 Å². The normalized spacial score (nSPS) is 18.5. The van der Waals surface area contributed by atoms with Crippen molar-refractivity contribution in [2.45, 2.75) is 44.7 Å². The molecule has 1 amide bonds. The van der Waals surface area contributed by atoms with Crippen LogP contribution in [0.5, 0.6) is 0 Å². The Morgan fingerprint density at radius 3 is 2.53 bits per heavy atom. The highest BCUT2D eigenvalue weighted by Gasteiger charge is 2.29. The molecule has 1 aliphatic rings. The molecule has 0 spiro atoms. The van der Waals surface area contributed by atoms with E-state index in [-0.39, 0.29) is 18.0 Å². The largest absolute Gasteiger partial charge is 0.349 e. The Balaban J connectivity index is 2.07. The first kappa shape index (κ1) is 14.5. The minimum Gasteiger partial charge on any atom is -0.349 e. The standard InChI is InChI=1S/C15H21BrN2O/c1-10(17)9-14(19)18-15(11-3-2-4-11)12-5-7-13(16)8-6-12/h5-8,10-11,15H,2-4,9,17H2,1H3,(H,18,19). The molecule has 2 unspecified atom stereocenters. The number of amides is 1. The quantitative estimate of drug-likeness (QED) is 0.874. The molecule has 19 heavy (non-hydrogen) atoms. The summed E-state index contributed by atoms with van der Waals surface area (Å²) in [5.74, 6) is 0.619. The summed E-state index contributed by atoms with van der Waals surface area (Å²) in [5.41, 5.74) is 6.87. The molecular formula is C15H21BrN2O. The highest BCUT2D eigenvalue weighted by molar-refractivity contribution is 9.10. The fourth-order valence-corrected chi connectivity index (χ4v) is 2.71. The average Bonchev–Trinajstić information content (AvgIpc) is 2.25. The van der Waals surface area contributed by atoms with E-state index < -0.39 is 0 Å². The minimum absolute atomic E-state index is 0.0508. The first-order valence-corrected chi connectivity index (χ1v) is 7.66. The summed E-state index contributed by atoms with van der Waals surface area (Å²) in [4.78, 5) is 11.9. The van der Waals surface area contributed by atoms with E-state index in [2.05, 4.69) is 33.4 Å². The Hall–Kier alpha value is -0.870. The van der Waals surface area contributed by atoms with Gasteiger partial charge in [-0.15, -0.1) is 0 Å². The van der Waals surface area contributed by atoms with E-state index in [9.17, 15) is 4.79 Å². The number of hydrogen-bond donors (Lipinski definition) is 2. The Morgan fingerprint density at radius 1 is 1.42 bits per heavy atom. The van der Waals surface area contributed by atoms with E-state index in [4.69, 9.17) is 5.73 Å². The van der Waals surface area contributed by atoms with Crippen LogP contribution in [0.2, 0.25) is 0 Å².